The molecule has 0 aliphatic carbocycles. The summed E-state index contributed by atoms with van der Waals surface area (Å²) in [5.41, 5.74) is 2.32. The monoisotopic (exact) mass is 294 g/mol. The number of piperazine rings is 1. The van der Waals surface area contributed by atoms with Crippen molar-refractivity contribution in [3.63, 3.8) is 0 Å². The van der Waals surface area contributed by atoms with Gasteiger partial charge in [-0.2, -0.15) is 0 Å². The minimum Gasteiger partial charge on any atom is -0.481 e. The van der Waals surface area contributed by atoms with Gasteiger partial charge in [0.25, 0.3) is 0 Å². The Bertz CT molecular complexity index is 371. The van der Waals surface area contributed by atoms with Gasteiger partial charge >= 0.3 is 5.97 Å². The first kappa shape index (κ1) is 19.4. The first-order valence-corrected chi connectivity index (χ1v) is 8.02. The van der Waals surface area contributed by atoms with E-state index in [-0.39, 0.29) is 6.42 Å². The van der Waals surface area contributed by atoms with Crippen molar-refractivity contribution in [1.82, 2.24) is 5.32 Å². The highest BCUT2D eigenvalue weighted by molar-refractivity contribution is 5.67. The highest BCUT2D eigenvalue weighted by Crippen LogP contribution is 2.16. The summed E-state index contributed by atoms with van der Waals surface area (Å²) in [5, 5.41) is 11.9. The molecule has 0 unspecified atom stereocenters. The second-order valence-electron chi connectivity index (χ2n) is 4.30. The Labute approximate surface area is 129 Å². The van der Waals surface area contributed by atoms with E-state index in [0.717, 1.165) is 31.7 Å². The molecule has 0 amide bonds. The van der Waals surface area contributed by atoms with Gasteiger partial charge in [0.2, 0.25) is 0 Å². The Hall–Kier alpha value is -1.55. The number of nitrogens with one attached hydrogen (secondary N) is 1. The van der Waals surface area contributed by atoms with E-state index in [9.17, 15) is 4.79 Å². The molecule has 0 radical (unpaired) electrons. The van der Waals surface area contributed by atoms with Crippen molar-refractivity contribution in [2.75, 3.05) is 31.1 Å². The number of benzene rings is 1. The molecule has 1 aliphatic heterocycles. The molecule has 1 heterocycles. The van der Waals surface area contributed by atoms with Crippen molar-refractivity contribution >= 4 is 11.7 Å². The van der Waals surface area contributed by atoms with Crippen LogP contribution < -0.4 is 10.2 Å². The number of carboxylic acid groups (broad SMARTS) is 1. The molecule has 2 rings (SSSR count). The number of carbonyl (C=O) groups is 1. The van der Waals surface area contributed by atoms with Crippen LogP contribution in [0, 0.1) is 0 Å². The third-order valence-corrected chi connectivity index (χ3v) is 3.05. The van der Waals surface area contributed by atoms with Crippen molar-refractivity contribution in [1.29, 1.82) is 0 Å². The lowest BCUT2D eigenvalue weighted by Crippen LogP contribution is -2.43. The molecule has 4 heteroatoms. The van der Waals surface area contributed by atoms with Gasteiger partial charge in [0.15, 0.2) is 0 Å². The summed E-state index contributed by atoms with van der Waals surface area (Å²) in [4.78, 5) is 12.8. The van der Waals surface area contributed by atoms with E-state index in [1.807, 2.05) is 39.8 Å². The molecule has 4 nitrogen and oxygen atoms in total. The first-order valence-electron chi connectivity index (χ1n) is 8.02. The van der Waals surface area contributed by atoms with Crippen LogP contribution >= 0.6 is 0 Å². The zero-order valence-corrected chi connectivity index (χ0v) is 13.9. The number of aryl methyl sites for hydroxylation is 1. The summed E-state index contributed by atoms with van der Waals surface area (Å²) in [5.74, 6) is -0.740. The van der Waals surface area contributed by atoms with Crippen molar-refractivity contribution in [2.24, 2.45) is 0 Å². The standard InChI is InChI=1S/C13H18N2O2.2C2H6/c16-13(17)6-3-11-1-4-12(5-2-11)15-9-7-14-8-10-15;2*1-2/h1-2,4-5,14H,3,6-10H2,(H,16,17);2*1-2H3. The number of hydrogen-bond acceptors (Lipinski definition) is 3. The van der Waals surface area contributed by atoms with Crippen LogP contribution in [0.4, 0.5) is 5.69 Å². The minimum absolute atomic E-state index is 0.201. The van der Waals surface area contributed by atoms with Gasteiger partial charge in [0.05, 0.1) is 0 Å². The molecule has 0 aromatic heterocycles. The van der Waals surface area contributed by atoms with Gasteiger partial charge in [-0.3, -0.25) is 4.79 Å². The summed E-state index contributed by atoms with van der Waals surface area (Å²) >= 11 is 0. The molecule has 1 fully saturated rings. The van der Waals surface area contributed by atoms with Crippen LogP contribution in [-0.4, -0.2) is 37.3 Å². The van der Waals surface area contributed by atoms with Gasteiger partial charge in [0, 0.05) is 38.3 Å². The van der Waals surface area contributed by atoms with Gasteiger partial charge < -0.3 is 15.3 Å². The van der Waals surface area contributed by atoms with Crippen LogP contribution in [0.5, 0.6) is 0 Å². The molecule has 1 aliphatic rings. The fourth-order valence-corrected chi connectivity index (χ4v) is 2.05. The van der Waals surface area contributed by atoms with Crippen molar-refractivity contribution in [2.45, 2.75) is 40.5 Å². The topological polar surface area (TPSA) is 52.6 Å². The average Bonchev–Trinajstić information content (AvgIpc) is 2.58. The maximum Gasteiger partial charge on any atom is 0.303 e. The summed E-state index contributed by atoms with van der Waals surface area (Å²) in [7, 11) is 0. The maximum atomic E-state index is 10.5. The van der Waals surface area contributed by atoms with Crippen LogP contribution in [-0.2, 0) is 11.2 Å². The number of rotatable bonds is 4. The van der Waals surface area contributed by atoms with Gasteiger partial charge in [0.1, 0.15) is 0 Å². The van der Waals surface area contributed by atoms with Gasteiger partial charge in [-0.1, -0.05) is 39.8 Å². The van der Waals surface area contributed by atoms with E-state index in [1.165, 1.54) is 5.69 Å². The lowest BCUT2D eigenvalue weighted by atomic mass is 10.1. The number of carboxylic acids is 1. The van der Waals surface area contributed by atoms with E-state index in [0.29, 0.717) is 6.42 Å². The third-order valence-electron chi connectivity index (χ3n) is 3.05. The fraction of sp³-hybridized carbons (Fsp3) is 0.588. The predicted molar refractivity (Wildman–Crippen MR) is 90.2 cm³/mol. The predicted octanol–water partition coefficient (Wildman–Crippen LogP) is 3.17. The largest absolute Gasteiger partial charge is 0.481 e. The maximum absolute atomic E-state index is 10.5. The third kappa shape index (κ3) is 7.71. The highest BCUT2D eigenvalue weighted by atomic mass is 16.4. The molecule has 1 aromatic carbocycles. The van der Waals surface area contributed by atoms with Crippen LogP contribution in [0.15, 0.2) is 24.3 Å². The Balaban J connectivity index is 0.000000921. The van der Waals surface area contributed by atoms with Crippen LogP contribution in [0.2, 0.25) is 0 Å². The lowest BCUT2D eigenvalue weighted by molar-refractivity contribution is -0.136. The Morgan fingerprint density at radius 2 is 1.62 bits per heavy atom. The van der Waals surface area contributed by atoms with Gasteiger partial charge in [-0.05, 0) is 24.1 Å². The second kappa shape index (κ2) is 12.2. The number of nitrogens with zero attached hydrogens (tertiary/aromatic N) is 1. The average molecular weight is 294 g/mol. The summed E-state index contributed by atoms with van der Waals surface area (Å²) in [6.45, 7) is 12.1. The van der Waals surface area contributed by atoms with Crippen molar-refractivity contribution in [3.05, 3.63) is 29.8 Å². The number of anilines is 1. The first-order chi connectivity index (χ1) is 10.3. The zero-order valence-electron chi connectivity index (χ0n) is 13.9. The normalized spacial score (nSPS) is 13.4. The Kier molecular flexibility index (Phi) is 11.3. The smallest absolute Gasteiger partial charge is 0.303 e. The molecule has 1 saturated heterocycles. The number of aliphatic carboxylic acids is 1. The molecular formula is C17H30N2O2. The van der Waals surface area contributed by atoms with Gasteiger partial charge in [-0.25, -0.2) is 0 Å². The zero-order chi connectivity index (χ0) is 16.1. The van der Waals surface area contributed by atoms with Crippen LogP contribution in [0.25, 0.3) is 0 Å². The number of hydrogen-bond donors (Lipinski definition) is 2. The molecule has 2 N–H and O–H groups in total. The quantitative estimate of drug-likeness (QED) is 0.895. The molecule has 0 saturated carbocycles. The summed E-state index contributed by atoms with van der Waals surface area (Å²) < 4.78 is 0. The molecule has 1 aromatic rings. The van der Waals surface area contributed by atoms with E-state index in [2.05, 4.69) is 22.3 Å². The SMILES string of the molecule is CC.CC.O=C(O)CCc1ccc(N2CCNCC2)cc1. The molecule has 0 spiro atoms. The molecule has 120 valence electrons. The molecule has 21 heavy (non-hydrogen) atoms. The highest BCUT2D eigenvalue weighted by Gasteiger charge is 2.09. The minimum atomic E-state index is -0.740. The molecule has 0 bridgehead atoms. The summed E-state index contributed by atoms with van der Waals surface area (Å²) in [6.07, 6.45) is 0.810. The lowest BCUT2D eigenvalue weighted by Gasteiger charge is -2.29. The van der Waals surface area contributed by atoms with Crippen LogP contribution in [0.3, 0.4) is 0 Å². The second-order valence-corrected chi connectivity index (χ2v) is 4.30. The van der Waals surface area contributed by atoms with E-state index < -0.39 is 5.97 Å². The van der Waals surface area contributed by atoms with E-state index in [1.54, 1.807) is 0 Å². The van der Waals surface area contributed by atoms with E-state index in [4.69, 9.17) is 5.11 Å². The Morgan fingerprint density at radius 3 is 2.10 bits per heavy atom. The van der Waals surface area contributed by atoms with Crippen molar-refractivity contribution in [3.8, 4) is 0 Å². The Morgan fingerprint density at radius 1 is 1.10 bits per heavy atom. The van der Waals surface area contributed by atoms with Gasteiger partial charge in [-0.15, -0.1) is 0 Å². The summed E-state index contributed by atoms with van der Waals surface area (Å²) in [6, 6.07) is 8.23. The fourth-order valence-electron chi connectivity index (χ4n) is 2.05. The van der Waals surface area contributed by atoms with E-state index >= 15 is 0 Å². The van der Waals surface area contributed by atoms with Crippen molar-refractivity contribution < 1.29 is 9.90 Å². The van der Waals surface area contributed by atoms with Crippen LogP contribution in [0.1, 0.15) is 39.7 Å². The molecule has 0 atom stereocenters. The molecular weight excluding hydrogens is 264 g/mol.